The average molecular weight is 423 g/mol. The number of sulfone groups is 1. The highest BCUT2D eigenvalue weighted by atomic mass is 32.2. The molecule has 0 saturated heterocycles. The van der Waals surface area contributed by atoms with Gasteiger partial charge in [0.2, 0.25) is 0 Å². The van der Waals surface area contributed by atoms with E-state index in [1.54, 1.807) is 12.1 Å². The highest BCUT2D eigenvalue weighted by molar-refractivity contribution is 7.91. The van der Waals surface area contributed by atoms with E-state index in [0.29, 0.717) is 4.90 Å². The van der Waals surface area contributed by atoms with Crippen LogP contribution in [0, 0.1) is 19.3 Å². The molecule has 3 rings (SSSR count). The summed E-state index contributed by atoms with van der Waals surface area (Å²) in [6, 6.07) is 15.8. The molecule has 0 fully saturated rings. The van der Waals surface area contributed by atoms with Gasteiger partial charge < -0.3 is 0 Å². The summed E-state index contributed by atoms with van der Waals surface area (Å²) in [5, 5.41) is 0. The normalized spacial score (nSPS) is 18.0. The van der Waals surface area contributed by atoms with Crippen LogP contribution < -0.4 is 0 Å². The molecule has 2 aromatic carbocycles. The Balaban J connectivity index is 1.95. The van der Waals surface area contributed by atoms with E-state index in [4.69, 9.17) is 0 Å². The number of hydrogen-bond acceptors (Lipinski definition) is 2. The van der Waals surface area contributed by atoms with Gasteiger partial charge in [0.15, 0.2) is 9.84 Å². The Labute approximate surface area is 182 Å². The molecule has 2 nitrogen and oxygen atoms in total. The number of aryl methyl sites for hydroxylation is 2. The zero-order valence-corrected chi connectivity index (χ0v) is 19.7. The lowest BCUT2D eigenvalue weighted by Gasteiger charge is -2.38. The molecule has 0 spiro atoms. The molecule has 1 aliphatic rings. The summed E-state index contributed by atoms with van der Waals surface area (Å²) in [6.07, 6.45) is 7.47. The smallest absolute Gasteiger partial charge is 0.181 e. The molecule has 0 bridgehead atoms. The van der Waals surface area contributed by atoms with Gasteiger partial charge in [-0.25, -0.2) is 8.42 Å². The fourth-order valence-electron chi connectivity index (χ4n) is 4.64. The van der Waals surface area contributed by atoms with E-state index in [0.717, 1.165) is 18.4 Å². The van der Waals surface area contributed by atoms with Crippen molar-refractivity contribution in [2.45, 2.75) is 64.7 Å². The van der Waals surface area contributed by atoms with Crippen molar-refractivity contribution in [1.82, 2.24) is 0 Å². The van der Waals surface area contributed by atoms with Crippen molar-refractivity contribution in [1.29, 1.82) is 0 Å². The first-order chi connectivity index (χ1) is 14.1. The quantitative estimate of drug-likeness (QED) is 0.472. The first kappa shape index (κ1) is 22.6. The molecule has 2 aromatic rings. The Morgan fingerprint density at radius 2 is 1.50 bits per heavy atom. The van der Waals surface area contributed by atoms with Gasteiger partial charge >= 0.3 is 0 Å². The van der Waals surface area contributed by atoms with Crippen LogP contribution in [0.4, 0.5) is 0 Å². The fourth-order valence-corrected chi connectivity index (χ4v) is 5.74. The standard InChI is InChI=1S/C27H34O2S/c1-20-10-14-23(15-11-20)25(26-22(3)8-6-18-27(26,4)5)9-7-19-30(28,29)24-16-12-21(2)13-17-24/h7,9-17,25H,6,8,18-19H2,1-5H3. The number of rotatable bonds is 6. The van der Waals surface area contributed by atoms with Gasteiger partial charge in [-0.05, 0) is 63.1 Å². The lowest BCUT2D eigenvalue weighted by atomic mass is 9.66. The minimum atomic E-state index is -3.34. The first-order valence-electron chi connectivity index (χ1n) is 10.8. The van der Waals surface area contributed by atoms with Gasteiger partial charge in [-0.15, -0.1) is 0 Å². The third-order valence-corrected chi connectivity index (χ3v) is 7.94. The second-order valence-corrected chi connectivity index (χ2v) is 11.4. The lowest BCUT2D eigenvalue weighted by molar-refractivity contribution is 0.352. The van der Waals surface area contributed by atoms with E-state index in [1.807, 2.05) is 25.1 Å². The van der Waals surface area contributed by atoms with E-state index in [1.165, 1.54) is 28.7 Å². The van der Waals surface area contributed by atoms with E-state index in [2.05, 4.69) is 58.0 Å². The molecular formula is C27H34O2S. The van der Waals surface area contributed by atoms with Gasteiger partial charge in [-0.2, -0.15) is 0 Å². The molecule has 3 heteroatoms. The summed E-state index contributed by atoms with van der Waals surface area (Å²) in [7, 11) is -3.34. The highest BCUT2D eigenvalue weighted by Gasteiger charge is 2.33. The van der Waals surface area contributed by atoms with Crippen molar-refractivity contribution in [3.8, 4) is 0 Å². The largest absolute Gasteiger partial charge is 0.223 e. The summed E-state index contributed by atoms with van der Waals surface area (Å²) in [6.45, 7) is 10.9. The van der Waals surface area contributed by atoms with Crippen molar-refractivity contribution >= 4 is 9.84 Å². The summed E-state index contributed by atoms with van der Waals surface area (Å²) in [4.78, 5) is 0.387. The molecule has 0 radical (unpaired) electrons. The molecule has 0 heterocycles. The topological polar surface area (TPSA) is 34.1 Å². The third kappa shape index (κ3) is 5.13. The van der Waals surface area contributed by atoms with Gasteiger partial charge in [-0.1, -0.05) is 84.7 Å². The van der Waals surface area contributed by atoms with Crippen LogP contribution in [0.25, 0.3) is 0 Å². The SMILES string of the molecule is CC1=C(C(C=CCS(=O)(=O)c2ccc(C)cc2)c2ccc(C)cc2)C(C)(C)CCC1. The van der Waals surface area contributed by atoms with Gasteiger partial charge in [0.05, 0.1) is 10.6 Å². The maximum Gasteiger partial charge on any atom is 0.181 e. The summed E-state index contributed by atoms with van der Waals surface area (Å²) in [5.74, 6) is 0.125. The Kier molecular flexibility index (Phi) is 6.71. The molecule has 1 atom stereocenters. The Morgan fingerprint density at radius 3 is 2.07 bits per heavy atom. The van der Waals surface area contributed by atoms with Gasteiger partial charge in [0.25, 0.3) is 0 Å². The van der Waals surface area contributed by atoms with Crippen LogP contribution in [0.15, 0.2) is 76.7 Å². The van der Waals surface area contributed by atoms with Gasteiger partial charge in [-0.3, -0.25) is 0 Å². The van der Waals surface area contributed by atoms with Crippen LogP contribution in [0.1, 0.15) is 62.6 Å². The summed E-state index contributed by atoms with van der Waals surface area (Å²) in [5.41, 5.74) is 6.53. The molecule has 0 saturated carbocycles. The van der Waals surface area contributed by atoms with Crippen LogP contribution in [-0.4, -0.2) is 14.2 Å². The number of hydrogen-bond donors (Lipinski definition) is 0. The molecule has 1 aliphatic carbocycles. The molecule has 0 amide bonds. The molecular weight excluding hydrogens is 388 g/mol. The predicted molar refractivity (Wildman–Crippen MR) is 127 cm³/mol. The molecule has 1 unspecified atom stereocenters. The summed E-state index contributed by atoms with van der Waals surface area (Å²) < 4.78 is 25.6. The second-order valence-electron chi connectivity index (χ2n) is 9.34. The average Bonchev–Trinajstić information content (AvgIpc) is 2.67. The Hall–Kier alpha value is -2.13. The molecule has 0 aliphatic heterocycles. The molecule has 0 aromatic heterocycles. The first-order valence-corrected chi connectivity index (χ1v) is 12.5. The maximum absolute atomic E-state index is 12.8. The van der Waals surface area contributed by atoms with Crippen LogP contribution in [0.5, 0.6) is 0 Å². The lowest BCUT2D eigenvalue weighted by Crippen LogP contribution is -2.24. The highest BCUT2D eigenvalue weighted by Crippen LogP contribution is 2.47. The Bertz CT molecular complexity index is 1040. The zero-order chi connectivity index (χ0) is 21.9. The van der Waals surface area contributed by atoms with Crippen molar-refractivity contribution in [3.05, 3.63) is 88.5 Å². The van der Waals surface area contributed by atoms with Crippen molar-refractivity contribution in [3.63, 3.8) is 0 Å². The van der Waals surface area contributed by atoms with Crippen molar-refractivity contribution in [2.75, 3.05) is 5.75 Å². The van der Waals surface area contributed by atoms with E-state index < -0.39 is 9.84 Å². The maximum atomic E-state index is 12.8. The third-order valence-electron chi connectivity index (χ3n) is 6.31. The summed E-state index contributed by atoms with van der Waals surface area (Å²) >= 11 is 0. The monoisotopic (exact) mass is 422 g/mol. The minimum absolute atomic E-state index is 0.0190. The second kappa shape index (κ2) is 8.93. The molecule has 160 valence electrons. The van der Waals surface area contributed by atoms with Gasteiger partial charge in [0, 0.05) is 5.92 Å². The van der Waals surface area contributed by atoms with Crippen LogP contribution in [0.2, 0.25) is 0 Å². The number of benzene rings is 2. The Morgan fingerprint density at radius 1 is 0.933 bits per heavy atom. The molecule has 0 N–H and O–H groups in total. The van der Waals surface area contributed by atoms with E-state index in [9.17, 15) is 8.42 Å². The molecule has 30 heavy (non-hydrogen) atoms. The fraction of sp³-hybridized carbons (Fsp3) is 0.407. The van der Waals surface area contributed by atoms with E-state index >= 15 is 0 Å². The zero-order valence-electron chi connectivity index (χ0n) is 18.9. The van der Waals surface area contributed by atoms with E-state index in [-0.39, 0.29) is 17.1 Å². The predicted octanol–water partition coefficient (Wildman–Crippen LogP) is 6.94. The van der Waals surface area contributed by atoms with Crippen LogP contribution in [0.3, 0.4) is 0 Å². The van der Waals surface area contributed by atoms with Gasteiger partial charge in [0.1, 0.15) is 0 Å². The van der Waals surface area contributed by atoms with Crippen molar-refractivity contribution in [2.24, 2.45) is 5.41 Å². The van der Waals surface area contributed by atoms with Crippen LogP contribution >= 0.6 is 0 Å². The van der Waals surface area contributed by atoms with Crippen molar-refractivity contribution < 1.29 is 8.42 Å². The number of allylic oxidation sites excluding steroid dienone is 3. The van der Waals surface area contributed by atoms with Crippen LogP contribution in [-0.2, 0) is 9.84 Å². The minimum Gasteiger partial charge on any atom is -0.223 e.